The van der Waals surface area contributed by atoms with Crippen molar-refractivity contribution in [3.05, 3.63) is 46.3 Å². The predicted octanol–water partition coefficient (Wildman–Crippen LogP) is 4.18. The van der Waals surface area contributed by atoms with Gasteiger partial charge in [-0.05, 0) is 69.3 Å². The van der Waals surface area contributed by atoms with Gasteiger partial charge in [0, 0.05) is 29.4 Å². The van der Waals surface area contributed by atoms with E-state index in [4.69, 9.17) is 0 Å². The Balaban J connectivity index is 1.22. The average molecular weight is 437 g/mol. The molecule has 4 rings (SSSR count). The van der Waals surface area contributed by atoms with Crippen LogP contribution < -0.4 is 10.6 Å². The fourth-order valence-corrected chi connectivity index (χ4v) is 5.66. The first-order chi connectivity index (χ1) is 15.1. The van der Waals surface area contributed by atoms with Crippen LogP contribution in [0.5, 0.6) is 0 Å². The maximum atomic E-state index is 12.5. The minimum Gasteiger partial charge on any atom is -0.326 e. The first kappa shape index (κ1) is 21.5. The SMILES string of the molecule is N#Cc1c(NC(=O)CCN2CCC(C(=O)Nc3ccccc3)CC2)sc2c1CCCC2. The fraction of sp³-hybridized carbons (Fsp3) is 0.458. The zero-order chi connectivity index (χ0) is 21.6. The number of hydrogen-bond acceptors (Lipinski definition) is 5. The van der Waals surface area contributed by atoms with E-state index in [2.05, 4.69) is 21.6 Å². The number of aryl methyl sites for hydroxylation is 1. The number of fused-ring (bicyclic) bond motifs is 1. The first-order valence-electron chi connectivity index (χ1n) is 11.1. The summed E-state index contributed by atoms with van der Waals surface area (Å²) < 4.78 is 0. The minimum absolute atomic E-state index is 0.0147. The summed E-state index contributed by atoms with van der Waals surface area (Å²) in [6.07, 6.45) is 6.23. The molecule has 0 atom stereocenters. The standard InChI is InChI=1S/C24H28N4O2S/c25-16-20-19-8-4-5-9-21(19)31-24(20)27-22(29)12-15-28-13-10-17(11-14-28)23(30)26-18-6-2-1-3-7-18/h1-3,6-7,17H,4-5,8-15H2,(H,26,30)(H,27,29). The summed E-state index contributed by atoms with van der Waals surface area (Å²) in [5, 5.41) is 16.2. The van der Waals surface area contributed by atoms with Crippen LogP contribution in [-0.4, -0.2) is 36.3 Å². The lowest BCUT2D eigenvalue weighted by atomic mass is 9.95. The highest BCUT2D eigenvalue weighted by atomic mass is 32.1. The molecule has 0 unspecified atom stereocenters. The van der Waals surface area contributed by atoms with Crippen LogP contribution in [0.1, 0.15) is 48.1 Å². The number of benzene rings is 1. The van der Waals surface area contributed by atoms with E-state index in [1.807, 2.05) is 30.3 Å². The Morgan fingerprint density at radius 2 is 1.84 bits per heavy atom. The van der Waals surface area contributed by atoms with Crippen LogP contribution >= 0.6 is 11.3 Å². The second-order valence-electron chi connectivity index (χ2n) is 8.30. The highest BCUT2D eigenvalue weighted by molar-refractivity contribution is 7.16. The molecule has 0 saturated carbocycles. The van der Waals surface area contributed by atoms with Crippen LogP contribution in [0.25, 0.3) is 0 Å². The van der Waals surface area contributed by atoms with Crippen LogP contribution in [0.2, 0.25) is 0 Å². The van der Waals surface area contributed by atoms with Gasteiger partial charge in [0.25, 0.3) is 0 Å². The van der Waals surface area contributed by atoms with Crippen LogP contribution in [0, 0.1) is 17.2 Å². The van der Waals surface area contributed by atoms with Crippen molar-refractivity contribution in [1.29, 1.82) is 5.26 Å². The number of likely N-dealkylation sites (tertiary alicyclic amines) is 1. The van der Waals surface area contributed by atoms with E-state index in [0.717, 1.165) is 67.9 Å². The van der Waals surface area contributed by atoms with Gasteiger partial charge in [-0.25, -0.2) is 0 Å². The van der Waals surface area contributed by atoms with E-state index in [1.54, 1.807) is 11.3 Å². The second-order valence-corrected chi connectivity index (χ2v) is 9.40. The molecule has 1 aliphatic carbocycles. The molecular formula is C24H28N4O2S. The summed E-state index contributed by atoms with van der Waals surface area (Å²) in [6.45, 7) is 2.31. The number of carbonyl (C=O) groups excluding carboxylic acids is 2. The number of anilines is 2. The van der Waals surface area contributed by atoms with Crippen molar-refractivity contribution in [2.75, 3.05) is 30.3 Å². The van der Waals surface area contributed by atoms with Crippen molar-refractivity contribution in [3.8, 4) is 6.07 Å². The molecule has 1 aromatic heterocycles. The number of piperidine rings is 1. The number of rotatable bonds is 6. The Labute approximate surface area is 187 Å². The van der Waals surface area contributed by atoms with E-state index in [0.29, 0.717) is 18.5 Å². The van der Waals surface area contributed by atoms with E-state index < -0.39 is 0 Å². The molecule has 1 aliphatic heterocycles. The lowest BCUT2D eigenvalue weighted by Gasteiger charge is -2.31. The molecule has 2 aromatic rings. The minimum atomic E-state index is -0.0426. The molecule has 2 aliphatic rings. The molecule has 2 amide bonds. The maximum Gasteiger partial charge on any atom is 0.227 e. The number of nitrogens with one attached hydrogen (secondary N) is 2. The van der Waals surface area contributed by atoms with Gasteiger partial charge in [0.2, 0.25) is 11.8 Å². The lowest BCUT2D eigenvalue weighted by Crippen LogP contribution is -2.39. The molecule has 2 heterocycles. The third-order valence-corrected chi connectivity index (χ3v) is 7.40. The fourth-order valence-electron chi connectivity index (χ4n) is 4.41. The molecule has 6 nitrogen and oxygen atoms in total. The number of carbonyl (C=O) groups is 2. The van der Waals surface area contributed by atoms with Gasteiger partial charge in [-0.2, -0.15) is 5.26 Å². The van der Waals surface area contributed by atoms with Crippen molar-refractivity contribution >= 4 is 33.8 Å². The molecule has 2 N–H and O–H groups in total. The average Bonchev–Trinajstić information content (AvgIpc) is 3.15. The van der Waals surface area contributed by atoms with E-state index in [-0.39, 0.29) is 17.7 Å². The second kappa shape index (κ2) is 10.1. The molecule has 0 radical (unpaired) electrons. The summed E-state index contributed by atoms with van der Waals surface area (Å²) in [4.78, 5) is 28.5. The zero-order valence-corrected chi connectivity index (χ0v) is 18.5. The zero-order valence-electron chi connectivity index (χ0n) is 17.7. The Kier molecular flexibility index (Phi) is 7.00. The van der Waals surface area contributed by atoms with Crippen LogP contribution in [0.3, 0.4) is 0 Å². The van der Waals surface area contributed by atoms with Gasteiger partial charge in [0.15, 0.2) is 0 Å². The molecule has 1 aromatic carbocycles. The predicted molar refractivity (Wildman–Crippen MR) is 123 cm³/mol. The Bertz CT molecular complexity index is 971. The third-order valence-electron chi connectivity index (χ3n) is 6.19. The lowest BCUT2D eigenvalue weighted by molar-refractivity contribution is -0.121. The van der Waals surface area contributed by atoms with Gasteiger partial charge in [-0.15, -0.1) is 11.3 Å². The van der Waals surface area contributed by atoms with E-state index >= 15 is 0 Å². The van der Waals surface area contributed by atoms with Crippen LogP contribution in [0.4, 0.5) is 10.7 Å². The van der Waals surface area contributed by atoms with E-state index in [9.17, 15) is 14.9 Å². The van der Waals surface area contributed by atoms with E-state index in [1.165, 1.54) is 4.88 Å². The quantitative estimate of drug-likeness (QED) is 0.711. The number of nitrogens with zero attached hydrogens (tertiary/aromatic N) is 2. The van der Waals surface area contributed by atoms with Crippen LogP contribution in [0.15, 0.2) is 30.3 Å². The smallest absolute Gasteiger partial charge is 0.227 e. The Hall–Kier alpha value is -2.69. The van der Waals surface area contributed by atoms with Gasteiger partial charge in [0.1, 0.15) is 11.1 Å². The number of para-hydroxylation sites is 1. The molecular weight excluding hydrogens is 408 g/mol. The summed E-state index contributed by atoms with van der Waals surface area (Å²) >= 11 is 1.57. The van der Waals surface area contributed by atoms with Gasteiger partial charge >= 0.3 is 0 Å². The van der Waals surface area contributed by atoms with Gasteiger partial charge in [-0.1, -0.05) is 18.2 Å². The monoisotopic (exact) mass is 436 g/mol. The Morgan fingerprint density at radius 3 is 2.58 bits per heavy atom. The highest BCUT2D eigenvalue weighted by Crippen LogP contribution is 2.37. The topological polar surface area (TPSA) is 85.2 Å². The molecule has 162 valence electrons. The summed E-state index contributed by atoms with van der Waals surface area (Å²) in [7, 11) is 0. The molecule has 0 spiro atoms. The first-order valence-corrected chi connectivity index (χ1v) is 11.9. The molecule has 7 heteroatoms. The highest BCUT2D eigenvalue weighted by Gasteiger charge is 2.26. The normalized spacial score (nSPS) is 16.9. The summed E-state index contributed by atoms with van der Waals surface area (Å²) in [5.41, 5.74) is 2.64. The van der Waals surface area contributed by atoms with Crippen molar-refractivity contribution in [1.82, 2.24) is 4.90 Å². The number of nitriles is 1. The van der Waals surface area contributed by atoms with Crippen LogP contribution in [-0.2, 0) is 22.4 Å². The third kappa shape index (κ3) is 5.33. The number of thiophene rings is 1. The molecule has 0 bridgehead atoms. The van der Waals surface area contributed by atoms with Crippen molar-refractivity contribution in [2.24, 2.45) is 5.92 Å². The molecule has 1 fully saturated rings. The number of amides is 2. The van der Waals surface area contributed by atoms with Gasteiger partial charge < -0.3 is 15.5 Å². The van der Waals surface area contributed by atoms with Gasteiger partial charge in [-0.3, -0.25) is 9.59 Å². The van der Waals surface area contributed by atoms with Crippen molar-refractivity contribution < 1.29 is 9.59 Å². The number of hydrogen-bond donors (Lipinski definition) is 2. The molecule has 1 saturated heterocycles. The summed E-state index contributed by atoms with van der Waals surface area (Å²) in [6, 6.07) is 11.8. The van der Waals surface area contributed by atoms with Gasteiger partial charge in [0.05, 0.1) is 5.56 Å². The van der Waals surface area contributed by atoms with Crippen molar-refractivity contribution in [3.63, 3.8) is 0 Å². The Morgan fingerprint density at radius 1 is 1.10 bits per heavy atom. The maximum absolute atomic E-state index is 12.5. The summed E-state index contributed by atoms with van der Waals surface area (Å²) in [5.74, 6) is 0.0502. The molecule has 31 heavy (non-hydrogen) atoms. The largest absolute Gasteiger partial charge is 0.326 e. The van der Waals surface area contributed by atoms with Crippen molar-refractivity contribution in [2.45, 2.75) is 44.9 Å².